The molecule has 32 heavy (non-hydrogen) atoms. The molecule has 1 N–H and O–H groups in total. The third-order valence-electron chi connectivity index (χ3n) is 5.31. The molecule has 1 atom stereocenters. The van der Waals surface area contributed by atoms with Crippen LogP contribution in [0.5, 0.6) is 11.5 Å². The van der Waals surface area contributed by atoms with Crippen molar-refractivity contribution in [2.75, 3.05) is 27.4 Å². The Labute approximate surface area is 188 Å². The van der Waals surface area contributed by atoms with Gasteiger partial charge in [0.15, 0.2) is 0 Å². The summed E-state index contributed by atoms with van der Waals surface area (Å²) in [5, 5.41) is 11.1. The van der Waals surface area contributed by atoms with Gasteiger partial charge in [-0.15, -0.1) is 0 Å². The number of aliphatic hydroxyl groups is 1. The summed E-state index contributed by atoms with van der Waals surface area (Å²) in [5.74, 6) is -0.390. The van der Waals surface area contributed by atoms with Gasteiger partial charge in [-0.25, -0.2) is 0 Å². The van der Waals surface area contributed by atoms with Crippen molar-refractivity contribution in [3.63, 3.8) is 0 Å². The molecule has 0 saturated carbocycles. The van der Waals surface area contributed by atoms with Gasteiger partial charge in [-0.05, 0) is 50.1 Å². The fourth-order valence-corrected chi connectivity index (χ4v) is 3.72. The highest BCUT2D eigenvalue weighted by atomic mass is 16.5. The quantitative estimate of drug-likeness (QED) is 0.276. The number of ketones is 1. The molecule has 2 aromatic carbocycles. The lowest BCUT2D eigenvalue weighted by atomic mass is 9.95. The van der Waals surface area contributed by atoms with Gasteiger partial charge < -0.3 is 24.2 Å². The van der Waals surface area contributed by atoms with Crippen molar-refractivity contribution in [3.05, 3.63) is 65.2 Å². The Balaban J connectivity index is 2.04. The Hall–Kier alpha value is -3.32. The molecular formula is C25H29NO6. The number of benzene rings is 2. The van der Waals surface area contributed by atoms with Gasteiger partial charge in [0.05, 0.1) is 31.9 Å². The summed E-state index contributed by atoms with van der Waals surface area (Å²) in [6.07, 6.45) is 0.646. The molecule has 2 aromatic rings. The second-order valence-corrected chi connectivity index (χ2v) is 7.77. The summed E-state index contributed by atoms with van der Waals surface area (Å²) in [7, 11) is 3.09. The zero-order chi connectivity index (χ0) is 23.3. The lowest BCUT2D eigenvalue weighted by molar-refractivity contribution is -0.140. The third kappa shape index (κ3) is 4.94. The predicted molar refractivity (Wildman–Crippen MR) is 121 cm³/mol. The number of Topliss-reactive ketones (excluding diaryl/α,β-unsaturated/α-hetero) is 1. The lowest BCUT2D eigenvalue weighted by Crippen LogP contribution is -2.31. The molecule has 1 aliphatic rings. The smallest absolute Gasteiger partial charge is 0.295 e. The first-order chi connectivity index (χ1) is 15.4. The van der Waals surface area contributed by atoms with Crippen molar-refractivity contribution in [1.82, 2.24) is 4.90 Å². The van der Waals surface area contributed by atoms with Crippen LogP contribution in [0.4, 0.5) is 0 Å². The number of hydrogen-bond donors (Lipinski definition) is 1. The number of likely N-dealkylation sites (tertiary alicyclic amines) is 1. The van der Waals surface area contributed by atoms with Crippen molar-refractivity contribution in [2.45, 2.75) is 32.4 Å². The Morgan fingerprint density at radius 3 is 2.34 bits per heavy atom. The molecule has 3 rings (SSSR count). The van der Waals surface area contributed by atoms with Crippen molar-refractivity contribution in [3.8, 4) is 11.5 Å². The zero-order valence-electron chi connectivity index (χ0n) is 18.8. The first-order valence-electron chi connectivity index (χ1n) is 10.6. The summed E-state index contributed by atoms with van der Waals surface area (Å²) < 4.78 is 16.1. The number of methoxy groups -OCH3 is 2. The van der Waals surface area contributed by atoms with E-state index in [0.29, 0.717) is 42.2 Å². The second-order valence-electron chi connectivity index (χ2n) is 7.77. The number of aliphatic hydroxyl groups excluding tert-OH is 1. The van der Waals surface area contributed by atoms with Gasteiger partial charge in [0.25, 0.3) is 11.7 Å². The van der Waals surface area contributed by atoms with E-state index in [2.05, 4.69) is 0 Å². The van der Waals surface area contributed by atoms with E-state index in [1.54, 1.807) is 55.6 Å². The topological polar surface area (TPSA) is 85.3 Å². The number of amides is 1. The standard InChI is InChI=1S/C25H29NO6/c1-16(2)32-14-6-13-26-22(17-9-11-19(30-3)12-10-17)21(24(28)25(26)29)23(27)18-7-5-8-20(15-18)31-4/h5,7-12,15-16,22,27H,6,13-14H2,1-4H3/b23-21-. The third-order valence-corrected chi connectivity index (χ3v) is 5.31. The van der Waals surface area contributed by atoms with Gasteiger partial charge in [0.1, 0.15) is 17.3 Å². The van der Waals surface area contributed by atoms with E-state index in [1.165, 1.54) is 12.0 Å². The first kappa shape index (κ1) is 23.3. The average molecular weight is 440 g/mol. The average Bonchev–Trinajstić information content (AvgIpc) is 3.06. The highest BCUT2D eigenvalue weighted by Crippen LogP contribution is 2.40. The molecule has 7 nitrogen and oxygen atoms in total. The molecule has 7 heteroatoms. The van der Waals surface area contributed by atoms with Crippen LogP contribution >= 0.6 is 0 Å². The molecule has 1 fully saturated rings. The summed E-state index contributed by atoms with van der Waals surface area (Å²) in [4.78, 5) is 27.5. The highest BCUT2D eigenvalue weighted by molar-refractivity contribution is 6.46. The minimum absolute atomic E-state index is 0.0539. The van der Waals surface area contributed by atoms with E-state index in [1.807, 2.05) is 13.8 Å². The SMILES string of the molecule is COc1ccc(C2/C(=C(/O)c3cccc(OC)c3)C(=O)C(=O)N2CCCOC(C)C)cc1. The molecule has 1 amide bonds. The predicted octanol–water partition coefficient (Wildman–Crippen LogP) is 3.94. The Morgan fingerprint density at radius 2 is 1.72 bits per heavy atom. The van der Waals surface area contributed by atoms with Gasteiger partial charge in [-0.1, -0.05) is 24.3 Å². The Kier molecular flexibility index (Phi) is 7.53. The summed E-state index contributed by atoms with van der Waals surface area (Å²) >= 11 is 0. The molecule has 0 spiro atoms. The number of carbonyl (C=O) groups excluding carboxylic acids is 2. The maximum atomic E-state index is 13.0. The van der Waals surface area contributed by atoms with E-state index < -0.39 is 17.7 Å². The van der Waals surface area contributed by atoms with Crippen LogP contribution in [0.25, 0.3) is 5.76 Å². The highest BCUT2D eigenvalue weighted by Gasteiger charge is 2.45. The van der Waals surface area contributed by atoms with Gasteiger partial charge in [-0.3, -0.25) is 9.59 Å². The van der Waals surface area contributed by atoms with Gasteiger partial charge in [0.2, 0.25) is 0 Å². The van der Waals surface area contributed by atoms with Crippen molar-refractivity contribution in [2.24, 2.45) is 0 Å². The molecule has 170 valence electrons. The second kappa shape index (κ2) is 10.3. The molecule has 1 aliphatic heterocycles. The molecule has 1 unspecified atom stereocenters. The zero-order valence-corrected chi connectivity index (χ0v) is 18.8. The molecule has 0 bridgehead atoms. The molecule has 0 aliphatic carbocycles. The fourth-order valence-electron chi connectivity index (χ4n) is 3.72. The van der Waals surface area contributed by atoms with Crippen molar-refractivity contribution < 1.29 is 28.9 Å². The largest absolute Gasteiger partial charge is 0.507 e. The molecule has 0 aromatic heterocycles. The van der Waals surface area contributed by atoms with Crippen LogP contribution in [0.3, 0.4) is 0 Å². The fraction of sp³-hybridized carbons (Fsp3) is 0.360. The number of nitrogens with zero attached hydrogens (tertiary/aromatic N) is 1. The van der Waals surface area contributed by atoms with Crippen molar-refractivity contribution >= 4 is 17.4 Å². The molecular weight excluding hydrogens is 410 g/mol. The van der Waals surface area contributed by atoms with Gasteiger partial charge in [-0.2, -0.15) is 0 Å². The van der Waals surface area contributed by atoms with E-state index in [-0.39, 0.29) is 17.4 Å². The van der Waals surface area contributed by atoms with E-state index in [4.69, 9.17) is 14.2 Å². The monoisotopic (exact) mass is 439 g/mol. The number of rotatable bonds is 9. The maximum absolute atomic E-state index is 13.0. The van der Waals surface area contributed by atoms with Crippen LogP contribution < -0.4 is 9.47 Å². The van der Waals surface area contributed by atoms with Crippen LogP contribution in [-0.4, -0.2) is 55.2 Å². The van der Waals surface area contributed by atoms with Crippen LogP contribution in [0, 0.1) is 0 Å². The van der Waals surface area contributed by atoms with Crippen molar-refractivity contribution in [1.29, 1.82) is 0 Å². The normalized spacial score (nSPS) is 17.8. The Morgan fingerprint density at radius 1 is 1.03 bits per heavy atom. The number of hydrogen-bond acceptors (Lipinski definition) is 6. The summed E-state index contributed by atoms with van der Waals surface area (Å²) in [5.41, 5.74) is 1.17. The van der Waals surface area contributed by atoms with Crippen LogP contribution in [0.1, 0.15) is 37.4 Å². The molecule has 1 heterocycles. The number of ether oxygens (including phenoxy) is 3. The van der Waals surface area contributed by atoms with Crippen LogP contribution in [0.15, 0.2) is 54.1 Å². The summed E-state index contributed by atoms with van der Waals surface area (Å²) in [6, 6.07) is 13.2. The Bertz CT molecular complexity index is 996. The van der Waals surface area contributed by atoms with Gasteiger partial charge in [0, 0.05) is 18.7 Å². The minimum Gasteiger partial charge on any atom is -0.507 e. The maximum Gasteiger partial charge on any atom is 0.295 e. The van der Waals surface area contributed by atoms with Crippen LogP contribution in [0.2, 0.25) is 0 Å². The first-order valence-corrected chi connectivity index (χ1v) is 10.6. The molecule has 1 saturated heterocycles. The minimum atomic E-state index is -0.717. The number of carbonyl (C=O) groups is 2. The molecule has 0 radical (unpaired) electrons. The van der Waals surface area contributed by atoms with E-state index >= 15 is 0 Å². The summed E-state index contributed by atoms with van der Waals surface area (Å²) in [6.45, 7) is 4.67. The van der Waals surface area contributed by atoms with Crippen LogP contribution in [-0.2, 0) is 14.3 Å². The van der Waals surface area contributed by atoms with E-state index in [9.17, 15) is 14.7 Å². The lowest BCUT2D eigenvalue weighted by Gasteiger charge is -2.25. The van der Waals surface area contributed by atoms with Gasteiger partial charge >= 0.3 is 0 Å². The van der Waals surface area contributed by atoms with E-state index in [0.717, 1.165) is 0 Å².